The number of hydrogen-bond acceptors (Lipinski definition) is 3. The van der Waals surface area contributed by atoms with Gasteiger partial charge in [0.2, 0.25) is 0 Å². The molecule has 1 fully saturated rings. The third kappa shape index (κ3) is 5.48. The van der Waals surface area contributed by atoms with Gasteiger partial charge in [0, 0.05) is 17.8 Å². The number of ether oxygens (including phenoxy) is 1. The molecule has 3 rings (SSSR count). The molecular formula is C20H23FN2O2. The van der Waals surface area contributed by atoms with E-state index in [2.05, 4.69) is 10.6 Å². The molecule has 132 valence electrons. The summed E-state index contributed by atoms with van der Waals surface area (Å²) in [4.78, 5) is 11.9. The Morgan fingerprint density at radius 1 is 0.960 bits per heavy atom. The highest BCUT2D eigenvalue weighted by Crippen LogP contribution is 2.22. The molecule has 0 heterocycles. The Bertz CT molecular complexity index is 668. The minimum atomic E-state index is -0.362. The van der Waals surface area contributed by atoms with Crippen molar-refractivity contribution in [3.05, 3.63) is 66.0 Å². The Morgan fingerprint density at radius 2 is 1.60 bits per heavy atom. The number of carbonyl (C=O) groups is 1. The molecule has 0 atom stereocenters. The van der Waals surface area contributed by atoms with E-state index in [0.717, 1.165) is 36.9 Å². The topological polar surface area (TPSA) is 50.4 Å². The third-order valence-electron chi connectivity index (χ3n) is 4.48. The highest BCUT2D eigenvalue weighted by atomic mass is 19.1. The molecule has 1 amide bonds. The van der Waals surface area contributed by atoms with E-state index in [1.54, 1.807) is 12.1 Å². The number of anilines is 1. The van der Waals surface area contributed by atoms with Crippen LogP contribution in [0.5, 0.6) is 0 Å². The fraction of sp³-hybridized carbons (Fsp3) is 0.350. The lowest BCUT2D eigenvalue weighted by molar-refractivity contribution is 0.132. The molecule has 0 aromatic heterocycles. The first-order valence-corrected chi connectivity index (χ1v) is 8.68. The molecular weight excluding hydrogens is 319 g/mol. The van der Waals surface area contributed by atoms with Crippen LogP contribution in [-0.2, 0) is 11.3 Å². The fourth-order valence-corrected chi connectivity index (χ4v) is 3.10. The summed E-state index contributed by atoms with van der Waals surface area (Å²) >= 11 is 0. The number of rotatable bonds is 5. The maximum absolute atomic E-state index is 12.9. The Balaban J connectivity index is 1.37. The number of alkyl carbamates (subject to hydrolysis) is 1. The Hall–Kier alpha value is -2.56. The fourth-order valence-electron chi connectivity index (χ4n) is 3.10. The highest BCUT2D eigenvalue weighted by Gasteiger charge is 2.22. The zero-order valence-electron chi connectivity index (χ0n) is 14.1. The average Bonchev–Trinajstić information content (AvgIpc) is 2.64. The monoisotopic (exact) mass is 342 g/mol. The van der Waals surface area contributed by atoms with Gasteiger partial charge in [-0.2, -0.15) is 0 Å². The van der Waals surface area contributed by atoms with E-state index < -0.39 is 0 Å². The molecule has 5 heteroatoms. The van der Waals surface area contributed by atoms with Crippen LogP contribution >= 0.6 is 0 Å². The van der Waals surface area contributed by atoms with E-state index in [0.29, 0.717) is 6.04 Å². The minimum absolute atomic E-state index is 0.148. The molecule has 0 saturated heterocycles. The first-order valence-electron chi connectivity index (χ1n) is 8.68. The number of amides is 1. The second-order valence-corrected chi connectivity index (χ2v) is 6.41. The Kier molecular flexibility index (Phi) is 5.88. The van der Waals surface area contributed by atoms with Crippen molar-refractivity contribution in [2.24, 2.45) is 0 Å². The molecule has 2 aromatic rings. The molecule has 2 N–H and O–H groups in total. The summed E-state index contributed by atoms with van der Waals surface area (Å²) in [5.74, 6) is -0.229. The lowest BCUT2D eigenvalue weighted by Gasteiger charge is -2.30. The van der Waals surface area contributed by atoms with Gasteiger partial charge in [0.1, 0.15) is 12.4 Å². The predicted molar refractivity (Wildman–Crippen MR) is 95.8 cm³/mol. The maximum Gasteiger partial charge on any atom is 0.407 e. The zero-order valence-corrected chi connectivity index (χ0v) is 14.1. The number of nitrogens with one attached hydrogen (secondary N) is 2. The molecule has 25 heavy (non-hydrogen) atoms. The van der Waals surface area contributed by atoms with Crippen molar-refractivity contribution >= 4 is 11.8 Å². The van der Waals surface area contributed by atoms with Crippen LogP contribution in [0.4, 0.5) is 14.9 Å². The SMILES string of the molecule is O=C(N[C@H]1CC[C@@H](Nc2ccc(F)cc2)CC1)OCc1ccccc1. The van der Waals surface area contributed by atoms with Gasteiger partial charge in [-0.1, -0.05) is 30.3 Å². The summed E-state index contributed by atoms with van der Waals surface area (Å²) in [7, 11) is 0. The average molecular weight is 342 g/mol. The second kappa shape index (κ2) is 8.51. The predicted octanol–water partition coefficient (Wildman–Crippen LogP) is 4.48. The Labute approximate surface area is 147 Å². The van der Waals surface area contributed by atoms with Crippen molar-refractivity contribution < 1.29 is 13.9 Å². The number of benzene rings is 2. The van der Waals surface area contributed by atoms with Crippen LogP contribution in [0.1, 0.15) is 31.2 Å². The van der Waals surface area contributed by atoms with E-state index in [1.165, 1.54) is 12.1 Å². The first-order chi connectivity index (χ1) is 12.2. The van der Waals surface area contributed by atoms with Crippen LogP contribution in [-0.4, -0.2) is 18.2 Å². The van der Waals surface area contributed by atoms with Gasteiger partial charge in [-0.25, -0.2) is 9.18 Å². The molecule has 1 aliphatic carbocycles. The summed E-state index contributed by atoms with van der Waals surface area (Å²) in [6.07, 6.45) is 3.36. The van der Waals surface area contributed by atoms with Gasteiger partial charge >= 0.3 is 6.09 Å². The van der Waals surface area contributed by atoms with E-state index in [-0.39, 0.29) is 24.6 Å². The highest BCUT2D eigenvalue weighted by molar-refractivity contribution is 5.67. The van der Waals surface area contributed by atoms with Gasteiger partial charge in [-0.05, 0) is 55.5 Å². The van der Waals surface area contributed by atoms with Crippen molar-refractivity contribution in [3.63, 3.8) is 0 Å². The molecule has 0 aliphatic heterocycles. The molecule has 0 radical (unpaired) electrons. The van der Waals surface area contributed by atoms with E-state index in [1.807, 2.05) is 30.3 Å². The van der Waals surface area contributed by atoms with Crippen molar-refractivity contribution in [2.75, 3.05) is 5.32 Å². The van der Waals surface area contributed by atoms with Crippen LogP contribution in [0, 0.1) is 5.82 Å². The van der Waals surface area contributed by atoms with Gasteiger partial charge in [0.15, 0.2) is 0 Å². The summed E-state index contributed by atoms with van der Waals surface area (Å²) in [5, 5.41) is 6.36. The van der Waals surface area contributed by atoms with E-state index in [4.69, 9.17) is 4.74 Å². The largest absolute Gasteiger partial charge is 0.445 e. The maximum atomic E-state index is 12.9. The lowest BCUT2D eigenvalue weighted by Crippen LogP contribution is -2.40. The van der Waals surface area contributed by atoms with Crippen LogP contribution < -0.4 is 10.6 Å². The van der Waals surface area contributed by atoms with Crippen LogP contribution in [0.3, 0.4) is 0 Å². The normalized spacial score (nSPS) is 19.9. The quantitative estimate of drug-likeness (QED) is 0.842. The molecule has 0 spiro atoms. The van der Waals surface area contributed by atoms with Crippen molar-refractivity contribution in [2.45, 2.75) is 44.4 Å². The standard InChI is InChI=1S/C20H23FN2O2/c21-16-6-8-17(9-7-16)22-18-10-12-19(13-11-18)23-20(24)25-14-15-4-2-1-3-5-15/h1-9,18-19,22H,10-14H2,(H,23,24)/t18-,19+. The van der Waals surface area contributed by atoms with Crippen LogP contribution in [0.25, 0.3) is 0 Å². The Morgan fingerprint density at radius 3 is 2.28 bits per heavy atom. The summed E-state index contributed by atoms with van der Waals surface area (Å²) < 4.78 is 18.2. The summed E-state index contributed by atoms with van der Waals surface area (Å²) in [6, 6.07) is 16.6. The molecule has 1 aliphatic rings. The lowest BCUT2D eigenvalue weighted by atomic mass is 9.91. The van der Waals surface area contributed by atoms with Crippen LogP contribution in [0.2, 0.25) is 0 Å². The summed E-state index contributed by atoms with van der Waals surface area (Å²) in [6.45, 7) is 0.286. The van der Waals surface area contributed by atoms with Crippen molar-refractivity contribution in [1.29, 1.82) is 0 Å². The van der Waals surface area contributed by atoms with Crippen molar-refractivity contribution in [3.8, 4) is 0 Å². The molecule has 0 bridgehead atoms. The van der Waals surface area contributed by atoms with E-state index in [9.17, 15) is 9.18 Å². The van der Waals surface area contributed by atoms with Gasteiger partial charge in [-0.3, -0.25) is 0 Å². The van der Waals surface area contributed by atoms with Crippen LogP contribution in [0.15, 0.2) is 54.6 Å². The minimum Gasteiger partial charge on any atom is -0.445 e. The molecule has 1 saturated carbocycles. The zero-order chi connectivity index (χ0) is 17.5. The smallest absolute Gasteiger partial charge is 0.407 e. The first kappa shape index (κ1) is 17.3. The second-order valence-electron chi connectivity index (χ2n) is 6.41. The van der Waals surface area contributed by atoms with Gasteiger partial charge in [0.05, 0.1) is 0 Å². The van der Waals surface area contributed by atoms with E-state index >= 15 is 0 Å². The van der Waals surface area contributed by atoms with Gasteiger partial charge < -0.3 is 15.4 Å². The van der Waals surface area contributed by atoms with Crippen molar-refractivity contribution in [1.82, 2.24) is 5.32 Å². The molecule has 0 unspecified atom stereocenters. The summed E-state index contributed by atoms with van der Waals surface area (Å²) in [5.41, 5.74) is 1.91. The number of halogens is 1. The van der Waals surface area contributed by atoms with Gasteiger partial charge in [0.25, 0.3) is 0 Å². The number of hydrogen-bond donors (Lipinski definition) is 2. The third-order valence-corrected chi connectivity index (χ3v) is 4.48. The number of carbonyl (C=O) groups excluding carboxylic acids is 1. The van der Waals surface area contributed by atoms with Gasteiger partial charge in [-0.15, -0.1) is 0 Å². The molecule has 2 aromatic carbocycles. The molecule has 4 nitrogen and oxygen atoms in total.